The lowest BCUT2D eigenvalue weighted by Gasteiger charge is -2.25. The Labute approximate surface area is 181 Å². The topological polar surface area (TPSA) is 72.5 Å². The van der Waals surface area contributed by atoms with Gasteiger partial charge >= 0.3 is 12.1 Å². The van der Waals surface area contributed by atoms with E-state index in [1.807, 2.05) is 13.8 Å². The summed E-state index contributed by atoms with van der Waals surface area (Å²) in [5.41, 5.74) is -0.270. The Morgan fingerprint density at radius 2 is 1.61 bits per heavy atom. The Hall–Kier alpha value is -2.38. The van der Waals surface area contributed by atoms with Crippen LogP contribution >= 0.6 is 0 Å². The SMILES string of the molecule is CC(C)CCC(=O)[C@H](Cc1ccccc1)NC(=O)C(CC(=O)OC(C)(C)C)C(F)(F)F. The molecule has 0 spiro atoms. The van der Waals surface area contributed by atoms with Crippen molar-refractivity contribution < 1.29 is 32.3 Å². The summed E-state index contributed by atoms with van der Waals surface area (Å²) in [5.74, 6) is -5.25. The standard InChI is InChI=1S/C23H32F3NO4/c1-15(2)11-12-19(28)18(13-16-9-7-6-8-10-16)27-21(30)17(23(24,25)26)14-20(29)31-22(3,4)5/h6-10,15,17-18H,11-14H2,1-5H3,(H,27,30)/t17?,18-/m0/s1. The van der Waals surface area contributed by atoms with Crippen molar-refractivity contribution in [3.8, 4) is 0 Å². The summed E-state index contributed by atoms with van der Waals surface area (Å²) in [7, 11) is 0. The molecule has 0 aromatic heterocycles. The highest BCUT2D eigenvalue weighted by Crippen LogP contribution is 2.30. The van der Waals surface area contributed by atoms with Crippen LogP contribution in [0.5, 0.6) is 0 Å². The number of Topliss-reactive ketones (excluding diaryl/α,β-unsaturated/α-hetero) is 1. The lowest BCUT2D eigenvalue weighted by molar-refractivity contribution is -0.193. The molecule has 31 heavy (non-hydrogen) atoms. The number of halogens is 3. The van der Waals surface area contributed by atoms with Crippen LogP contribution in [0.3, 0.4) is 0 Å². The molecule has 8 heteroatoms. The predicted molar refractivity (Wildman–Crippen MR) is 111 cm³/mol. The third-order valence-electron chi connectivity index (χ3n) is 4.46. The van der Waals surface area contributed by atoms with Gasteiger partial charge in [0.15, 0.2) is 5.78 Å². The molecule has 1 unspecified atom stereocenters. The summed E-state index contributed by atoms with van der Waals surface area (Å²) in [5, 5.41) is 2.25. The van der Waals surface area contributed by atoms with Crippen molar-refractivity contribution in [1.29, 1.82) is 0 Å². The molecule has 5 nitrogen and oxygen atoms in total. The van der Waals surface area contributed by atoms with Crippen molar-refractivity contribution in [1.82, 2.24) is 5.32 Å². The van der Waals surface area contributed by atoms with Crippen LogP contribution in [0.2, 0.25) is 0 Å². The van der Waals surface area contributed by atoms with Gasteiger partial charge in [-0.25, -0.2) is 0 Å². The Balaban J connectivity index is 3.02. The normalized spacial score (nSPS) is 14.1. The van der Waals surface area contributed by atoms with E-state index in [1.54, 1.807) is 30.3 Å². The van der Waals surface area contributed by atoms with E-state index in [0.717, 1.165) is 0 Å². The molecular weight excluding hydrogens is 411 g/mol. The highest BCUT2D eigenvalue weighted by atomic mass is 19.4. The number of hydrogen-bond acceptors (Lipinski definition) is 4. The zero-order valence-electron chi connectivity index (χ0n) is 18.7. The zero-order valence-corrected chi connectivity index (χ0v) is 18.7. The molecule has 0 heterocycles. The van der Waals surface area contributed by atoms with Crippen LogP contribution in [0.4, 0.5) is 13.2 Å². The summed E-state index contributed by atoms with van der Waals surface area (Å²) >= 11 is 0. The first-order valence-electron chi connectivity index (χ1n) is 10.3. The number of carbonyl (C=O) groups excluding carboxylic acids is 3. The van der Waals surface area contributed by atoms with Crippen molar-refractivity contribution in [2.24, 2.45) is 11.8 Å². The van der Waals surface area contributed by atoms with Gasteiger partial charge < -0.3 is 10.1 Å². The molecule has 1 N–H and O–H groups in total. The van der Waals surface area contributed by atoms with Gasteiger partial charge in [0, 0.05) is 6.42 Å². The number of alkyl halides is 3. The van der Waals surface area contributed by atoms with Crippen molar-refractivity contribution in [3.05, 3.63) is 35.9 Å². The molecule has 1 aromatic rings. The summed E-state index contributed by atoms with van der Waals surface area (Å²) in [6.45, 7) is 8.43. The van der Waals surface area contributed by atoms with Gasteiger partial charge in [-0.3, -0.25) is 14.4 Å². The van der Waals surface area contributed by atoms with Crippen molar-refractivity contribution in [2.75, 3.05) is 0 Å². The number of ketones is 1. The zero-order chi connectivity index (χ0) is 23.8. The van der Waals surface area contributed by atoms with Gasteiger partial charge in [-0.15, -0.1) is 0 Å². The van der Waals surface area contributed by atoms with E-state index in [4.69, 9.17) is 4.74 Å². The molecule has 0 aliphatic rings. The van der Waals surface area contributed by atoms with Gasteiger partial charge in [0.05, 0.1) is 12.5 Å². The quantitative estimate of drug-likeness (QED) is 0.535. The highest BCUT2D eigenvalue weighted by molar-refractivity contribution is 5.91. The molecule has 1 rings (SSSR count). The molecule has 2 atom stereocenters. The molecule has 0 aliphatic carbocycles. The number of ether oxygens (including phenoxy) is 1. The number of esters is 1. The van der Waals surface area contributed by atoms with E-state index >= 15 is 0 Å². The second-order valence-electron chi connectivity index (χ2n) is 9.03. The van der Waals surface area contributed by atoms with Crippen LogP contribution in [-0.2, 0) is 25.5 Å². The minimum Gasteiger partial charge on any atom is -0.460 e. The van der Waals surface area contributed by atoms with E-state index in [1.165, 1.54) is 20.8 Å². The van der Waals surface area contributed by atoms with Gasteiger partial charge in [-0.1, -0.05) is 44.2 Å². The Morgan fingerprint density at radius 1 is 1.03 bits per heavy atom. The van der Waals surface area contributed by atoms with Gasteiger partial charge in [0.1, 0.15) is 11.5 Å². The maximum atomic E-state index is 13.5. The van der Waals surface area contributed by atoms with Crippen molar-refractivity contribution in [2.45, 2.75) is 78.1 Å². The van der Waals surface area contributed by atoms with Gasteiger partial charge in [-0.05, 0) is 45.1 Å². The summed E-state index contributed by atoms with van der Waals surface area (Å²) < 4.78 is 45.6. The number of hydrogen-bond donors (Lipinski definition) is 1. The fraction of sp³-hybridized carbons (Fsp3) is 0.609. The van der Waals surface area contributed by atoms with E-state index in [9.17, 15) is 27.6 Å². The smallest absolute Gasteiger partial charge is 0.401 e. The Kier molecular flexibility index (Phi) is 9.72. The summed E-state index contributed by atoms with van der Waals surface area (Å²) in [4.78, 5) is 37.2. The Morgan fingerprint density at radius 3 is 2.10 bits per heavy atom. The molecule has 1 aromatic carbocycles. The number of benzene rings is 1. The fourth-order valence-electron chi connectivity index (χ4n) is 2.88. The van der Waals surface area contributed by atoms with E-state index < -0.39 is 42.0 Å². The van der Waals surface area contributed by atoms with Crippen molar-refractivity contribution in [3.63, 3.8) is 0 Å². The second kappa shape index (κ2) is 11.3. The van der Waals surface area contributed by atoms with Crippen LogP contribution in [0.1, 0.15) is 59.4 Å². The number of rotatable bonds is 10. The van der Waals surface area contributed by atoms with Crippen LogP contribution < -0.4 is 5.32 Å². The number of amides is 1. The maximum absolute atomic E-state index is 13.5. The second-order valence-corrected chi connectivity index (χ2v) is 9.03. The average molecular weight is 444 g/mol. The van der Waals surface area contributed by atoms with Gasteiger partial charge in [0.25, 0.3) is 0 Å². The van der Waals surface area contributed by atoms with E-state index in [0.29, 0.717) is 12.0 Å². The van der Waals surface area contributed by atoms with Crippen LogP contribution in [0.15, 0.2) is 30.3 Å². The van der Waals surface area contributed by atoms with Crippen molar-refractivity contribution >= 4 is 17.7 Å². The van der Waals surface area contributed by atoms with Crippen LogP contribution in [0.25, 0.3) is 0 Å². The minimum absolute atomic E-state index is 0.0700. The van der Waals surface area contributed by atoms with Gasteiger partial charge in [-0.2, -0.15) is 13.2 Å². The first-order valence-corrected chi connectivity index (χ1v) is 10.3. The molecular formula is C23H32F3NO4. The third-order valence-corrected chi connectivity index (χ3v) is 4.46. The minimum atomic E-state index is -4.96. The summed E-state index contributed by atoms with van der Waals surface area (Å²) in [6, 6.07) is 7.62. The molecule has 0 fully saturated rings. The fourth-order valence-corrected chi connectivity index (χ4v) is 2.88. The molecule has 0 bridgehead atoms. The predicted octanol–water partition coefficient (Wildman–Crippen LogP) is 4.63. The van der Waals surface area contributed by atoms with Crippen LogP contribution in [0, 0.1) is 11.8 Å². The molecule has 0 radical (unpaired) electrons. The lowest BCUT2D eigenvalue weighted by Crippen LogP contribution is -2.49. The van der Waals surface area contributed by atoms with Gasteiger partial charge in [0.2, 0.25) is 5.91 Å². The monoisotopic (exact) mass is 443 g/mol. The largest absolute Gasteiger partial charge is 0.460 e. The van der Waals surface area contributed by atoms with E-state index in [2.05, 4.69) is 5.32 Å². The number of nitrogens with one attached hydrogen (secondary N) is 1. The maximum Gasteiger partial charge on any atom is 0.401 e. The molecule has 1 amide bonds. The first-order chi connectivity index (χ1) is 14.2. The Bertz CT molecular complexity index is 739. The molecule has 0 saturated carbocycles. The molecule has 174 valence electrons. The highest BCUT2D eigenvalue weighted by Gasteiger charge is 2.47. The lowest BCUT2D eigenvalue weighted by atomic mass is 9.95. The number of carbonyl (C=O) groups is 3. The third kappa shape index (κ3) is 10.5. The molecule has 0 saturated heterocycles. The van der Waals surface area contributed by atoms with E-state index in [-0.39, 0.29) is 24.5 Å². The first kappa shape index (κ1) is 26.7. The summed E-state index contributed by atoms with van der Waals surface area (Å²) in [6.07, 6.45) is -5.34. The average Bonchev–Trinajstić information content (AvgIpc) is 2.62. The molecule has 0 aliphatic heterocycles. The van der Waals surface area contributed by atoms with Crippen LogP contribution in [-0.4, -0.2) is 35.5 Å².